The van der Waals surface area contributed by atoms with Crippen molar-refractivity contribution in [2.24, 2.45) is 0 Å². The quantitative estimate of drug-likeness (QED) is 0.582. The molecule has 1 aromatic rings. The molecule has 3 rings (SSSR count). The first-order valence-electron chi connectivity index (χ1n) is 9.22. The number of anilines is 1. The molecule has 6 nitrogen and oxygen atoms in total. The van der Waals surface area contributed by atoms with E-state index < -0.39 is 6.10 Å². The minimum atomic E-state index is -0.422. The number of aliphatic hydroxyl groups is 1. The summed E-state index contributed by atoms with van der Waals surface area (Å²) in [6.07, 6.45) is 4.47. The number of hydrogen-bond donors (Lipinski definition) is 4. The van der Waals surface area contributed by atoms with Gasteiger partial charge in [0.15, 0.2) is 0 Å². The molecule has 138 valence electrons. The Bertz CT molecular complexity index is 583. The molecule has 1 aliphatic heterocycles. The molecule has 0 aromatic heterocycles. The summed E-state index contributed by atoms with van der Waals surface area (Å²) in [5, 5.41) is 19.3. The Balaban J connectivity index is 1.40. The monoisotopic (exact) mass is 347 g/mol. The molecule has 2 amide bonds. The largest absolute Gasteiger partial charge is 0.392 e. The third kappa shape index (κ3) is 5.99. The zero-order valence-electron chi connectivity index (χ0n) is 14.9. The van der Waals surface area contributed by atoms with E-state index in [0.717, 1.165) is 43.5 Å². The van der Waals surface area contributed by atoms with E-state index in [4.69, 9.17) is 4.74 Å². The van der Waals surface area contributed by atoms with Crippen LogP contribution in [0.1, 0.15) is 44.6 Å². The number of benzene rings is 1. The highest BCUT2D eigenvalue weighted by molar-refractivity contribution is 5.89. The maximum atomic E-state index is 11.8. The van der Waals surface area contributed by atoms with Crippen molar-refractivity contribution < 1.29 is 14.6 Å². The van der Waals surface area contributed by atoms with E-state index in [9.17, 15) is 9.90 Å². The van der Waals surface area contributed by atoms with Crippen LogP contribution in [0.2, 0.25) is 0 Å². The maximum Gasteiger partial charge on any atom is 0.319 e. The number of hydrogen-bond acceptors (Lipinski definition) is 4. The Morgan fingerprint density at radius 3 is 3.00 bits per heavy atom. The second-order valence-corrected chi connectivity index (χ2v) is 7.46. The van der Waals surface area contributed by atoms with Gasteiger partial charge < -0.3 is 25.8 Å². The van der Waals surface area contributed by atoms with Gasteiger partial charge in [-0.1, -0.05) is 12.1 Å². The van der Waals surface area contributed by atoms with Gasteiger partial charge in [-0.3, -0.25) is 0 Å². The van der Waals surface area contributed by atoms with E-state index in [-0.39, 0.29) is 11.6 Å². The van der Waals surface area contributed by atoms with E-state index in [1.807, 2.05) is 24.3 Å². The van der Waals surface area contributed by atoms with Crippen LogP contribution in [-0.2, 0) is 11.3 Å². The third-order valence-corrected chi connectivity index (χ3v) is 4.77. The van der Waals surface area contributed by atoms with Crippen LogP contribution in [0, 0.1) is 0 Å². The van der Waals surface area contributed by atoms with Crippen molar-refractivity contribution in [2.45, 2.75) is 63.3 Å². The van der Waals surface area contributed by atoms with Crippen LogP contribution in [0.3, 0.4) is 0 Å². The number of rotatable bonds is 8. The molecule has 1 aliphatic carbocycles. The van der Waals surface area contributed by atoms with Crippen LogP contribution in [0.15, 0.2) is 24.3 Å². The molecule has 2 fully saturated rings. The average Bonchev–Trinajstić information content (AvgIpc) is 3.26. The number of urea groups is 1. The van der Waals surface area contributed by atoms with Crippen LogP contribution in [0.25, 0.3) is 0 Å². The SMILES string of the molecule is CC1(CC(O)CNCc2cccc(NC(=O)NC3CC3)c2)CCCO1. The molecular weight excluding hydrogens is 318 g/mol. The lowest BCUT2D eigenvalue weighted by atomic mass is 9.95. The summed E-state index contributed by atoms with van der Waals surface area (Å²) in [7, 11) is 0. The predicted molar refractivity (Wildman–Crippen MR) is 97.5 cm³/mol. The van der Waals surface area contributed by atoms with Gasteiger partial charge >= 0.3 is 6.03 Å². The van der Waals surface area contributed by atoms with Crippen molar-refractivity contribution in [2.75, 3.05) is 18.5 Å². The van der Waals surface area contributed by atoms with Crippen molar-refractivity contribution in [3.63, 3.8) is 0 Å². The number of nitrogens with one attached hydrogen (secondary N) is 3. The lowest BCUT2D eigenvalue weighted by molar-refractivity contribution is -0.0200. The Morgan fingerprint density at radius 2 is 2.28 bits per heavy atom. The van der Waals surface area contributed by atoms with Gasteiger partial charge in [0.25, 0.3) is 0 Å². The summed E-state index contributed by atoms with van der Waals surface area (Å²) in [4.78, 5) is 11.8. The summed E-state index contributed by atoms with van der Waals surface area (Å²) in [5.41, 5.74) is 1.67. The van der Waals surface area contributed by atoms with Gasteiger partial charge in [-0.05, 0) is 50.3 Å². The number of carbonyl (C=O) groups is 1. The van der Waals surface area contributed by atoms with Crippen molar-refractivity contribution in [3.8, 4) is 0 Å². The normalized spacial score (nSPS) is 24.1. The van der Waals surface area contributed by atoms with Crippen molar-refractivity contribution in [1.82, 2.24) is 10.6 Å². The van der Waals surface area contributed by atoms with Gasteiger partial charge in [-0.25, -0.2) is 4.79 Å². The summed E-state index contributed by atoms with van der Waals surface area (Å²) in [6.45, 7) is 4.04. The minimum Gasteiger partial charge on any atom is -0.392 e. The number of carbonyl (C=O) groups excluding carboxylic acids is 1. The summed E-state index contributed by atoms with van der Waals surface area (Å²) in [6, 6.07) is 7.96. The molecule has 0 spiro atoms. The van der Waals surface area contributed by atoms with E-state index >= 15 is 0 Å². The minimum absolute atomic E-state index is 0.146. The van der Waals surface area contributed by atoms with Crippen molar-refractivity contribution in [3.05, 3.63) is 29.8 Å². The molecule has 4 N–H and O–H groups in total. The molecule has 0 radical (unpaired) electrons. The fraction of sp³-hybridized carbons (Fsp3) is 0.632. The molecule has 2 aliphatic rings. The molecule has 6 heteroatoms. The van der Waals surface area contributed by atoms with Crippen LogP contribution in [0.5, 0.6) is 0 Å². The van der Waals surface area contributed by atoms with Crippen LogP contribution in [0.4, 0.5) is 10.5 Å². The number of aliphatic hydroxyl groups excluding tert-OH is 1. The highest BCUT2D eigenvalue weighted by atomic mass is 16.5. The molecular formula is C19H29N3O3. The first kappa shape index (κ1) is 18.2. The van der Waals surface area contributed by atoms with Gasteiger partial charge in [-0.15, -0.1) is 0 Å². The predicted octanol–water partition coefficient (Wildman–Crippen LogP) is 2.38. The van der Waals surface area contributed by atoms with E-state index in [2.05, 4.69) is 22.9 Å². The second kappa shape index (κ2) is 8.17. The standard InChI is InChI=1S/C19H29N3O3/c1-19(8-3-9-25-19)11-17(23)13-20-12-14-4-2-5-16(10-14)22-18(24)21-15-6-7-15/h2,4-5,10,15,17,20,23H,3,6-9,11-13H2,1H3,(H2,21,22,24). The Labute approximate surface area is 149 Å². The molecule has 1 aromatic carbocycles. The van der Waals surface area contributed by atoms with Gasteiger partial charge in [-0.2, -0.15) is 0 Å². The third-order valence-electron chi connectivity index (χ3n) is 4.77. The van der Waals surface area contributed by atoms with Gasteiger partial charge in [0, 0.05) is 37.8 Å². The topological polar surface area (TPSA) is 82.6 Å². The van der Waals surface area contributed by atoms with Crippen LogP contribution in [-0.4, -0.2) is 42.0 Å². The Hall–Kier alpha value is -1.63. The average molecular weight is 347 g/mol. The second-order valence-electron chi connectivity index (χ2n) is 7.46. The highest BCUT2D eigenvalue weighted by Gasteiger charge is 2.31. The zero-order valence-corrected chi connectivity index (χ0v) is 14.9. The van der Waals surface area contributed by atoms with Crippen molar-refractivity contribution >= 4 is 11.7 Å². The van der Waals surface area contributed by atoms with E-state index in [0.29, 0.717) is 25.6 Å². The van der Waals surface area contributed by atoms with Crippen molar-refractivity contribution in [1.29, 1.82) is 0 Å². The smallest absolute Gasteiger partial charge is 0.319 e. The Kier molecular flexibility index (Phi) is 5.93. The highest BCUT2D eigenvalue weighted by Crippen LogP contribution is 2.29. The zero-order chi connectivity index (χ0) is 17.7. The lowest BCUT2D eigenvalue weighted by Crippen LogP contribution is -2.35. The molecule has 1 heterocycles. The molecule has 1 saturated heterocycles. The molecule has 2 atom stereocenters. The lowest BCUT2D eigenvalue weighted by Gasteiger charge is -2.26. The fourth-order valence-electron chi connectivity index (χ4n) is 3.29. The summed E-state index contributed by atoms with van der Waals surface area (Å²) >= 11 is 0. The van der Waals surface area contributed by atoms with Gasteiger partial charge in [0.05, 0.1) is 11.7 Å². The molecule has 1 saturated carbocycles. The van der Waals surface area contributed by atoms with Gasteiger partial charge in [0.2, 0.25) is 0 Å². The summed E-state index contributed by atoms with van der Waals surface area (Å²) < 4.78 is 5.73. The molecule has 0 bridgehead atoms. The molecule has 2 unspecified atom stereocenters. The van der Waals surface area contributed by atoms with Gasteiger partial charge in [0.1, 0.15) is 0 Å². The Morgan fingerprint density at radius 1 is 1.44 bits per heavy atom. The van der Waals surface area contributed by atoms with E-state index in [1.54, 1.807) is 0 Å². The van der Waals surface area contributed by atoms with Crippen LogP contribution >= 0.6 is 0 Å². The maximum absolute atomic E-state index is 11.8. The fourth-order valence-corrected chi connectivity index (χ4v) is 3.29. The first-order chi connectivity index (χ1) is 12.0. The first-order valence-corrected chi connectivity index (χ1v) is 9.22. The van der Waals surface area contributed by atoms with Crippen LogP contribution < -0.4 is 16.0 Å². The number of ether oxygens (including phenoxy) is 1. The van der Waals surface area contributed by atoms with E-state index in [1.165, 1.54) is 0 Å². The summed E-state index contributed by atoms with van der Waals surface area (Å²) in [5.74, 6) is 0. The molecule has 25 heavy (non-hydrogen) atoms. The number of amides is 2.